The van der Waals surface area contributed by atoms with E-state index in [9.17, 15) is 4.79 Å². The van der Waals surface area contributed by atoms with Crippen LogP contribution in [0.5, 0.6) is 6.01 Å². The van der Waals surface area contributed by atoms with Gasteiger partial charge in [-0.15, -0.1) is 0 Å². The Morgan fingerprint density at radius 2 is 1.94 bits per heavy atom. The summed E-state index contributed by atoms with van der Waals surface area (Å²) in [6.45, 7) is 2.13. The number of hydrogen-bond donors (Lipinski definition) is 2. The molecule has 0 saturated carbocycles. The van der Waals surface area contributed by atoms with E-state index in [4.69, 9.17) is 21.4 Å². The van der Waals surface area contributed by atoms with E-state index >= 15 is 4.39 Å². The topological polar surface area (TPSA) is 100 Å². The molecular formula is C23H19ClFN5O3. The Morgan fingerprint density at radius 1 is 1.18 bits per heavy atom. The maximum absolute atomic E-state index is 15.9. The first-order valence-electron chi connectivity index (χ1n) is 10.4. The number of carboxylic acid groups (broad SMARTS) is 1. The van der Waals surface area contributed by atoms with Gasteiger partial charge in [-0.25, -0.2) is 9.18 Å². The van der Waals surface area contributed by atoms with Gasteiger partial charge in [-0.3, -0.25) is 4.98 Å². The van der Waals surface area contributed by atoms with Crippen molar-refractivity contribution < 1.29 is 19.0 Å². The molecule has 2 aromatic heterocycles. The third-order valence-corrected chi connectivity index (χ3v) is 5.81. The molecule has 0 spiro atoms. The van der Waals surface area contributed by atoms with Crippen molar-refractivity contribution in [3.05, 3.63) is 53.4 Å². The molecule has 1 saturated heterocycles. The minimum absolute atomic E-state index is 0.00739. The predicted octanol–water partition coefficient (Wildman–Crippen LogP) is 3.51. The molecule has 3 heterocycles. The van der Waals surface area contributed by atoms with Crippen LogP contribution in [-0.4, -0.2) is 58.8 Å². The molecule has 0 unspecified atom stereocenters. The number of pyridine rings is 1. The van der Waals surface area contributed by atoms with Gasteiger partial charge in [0.15, 0.2) is 12.4 Å². The molecule has 10 heteroatoms. The summed E-state index contributed by atoms with van der Waals surface area (Å²) in [5.41, 5.74) is 0.635. The number of hydrogen-bond acceptors (Lipinski definition) is 7. The van der Waals surface area contributed by atoms with Crippen LogP contribution in [0.4, 0.5) is 10.2 Å². The van der Waals surface area contributed by atoms with E-state index in [0.29, 0.717) is 40.3 Å². The molecule has 2 aromatic carbocycles. The van der Waals surface area contributed by atoms with Crippen molar-refractivity contribution in [2.24, 2.45) is 0 Å². The maximum atomic E-state index is 15.9. The molecule has 1 fully saturated rings. The van der Waals surface area contributed by atoms with Crippen LogP contribution in [0.3, 0.4) is 0 Å². The first-order chi connectivity index (χ1) is 16.0. The van der Waals surface area contributed by atoms with Crippen molar-refractivity contribution in [3.63, 3.8) is 0 Å². The number of anilines is 1. The molecular weight excluding hydrogens is 449 g/mol. The fraction of sp³-hybridized carbons (Fsp3) is 0.217. The molecule has 0 bridgehead atoms. The quantitative estimate of drug-likeness (QED) is 0.460. The minimum atomic E-state index is -1.18. The fourth-order valence-electron chi connectivity index (χ4n) is 4.01. The lowest BCUT2D eigenvalue weighted by Crippen LogP contribution is -2.44. The number of carbonyl (C=O) groups is 1. The van der Waals surface area contributed by atoms with E-state index in [1.807, 2.05) is 29.2 Å². The fourth-order valence-corrected chi connectivity index (χ4v) is 4.29. The lowest BCUT2D eigenvalue weighted by molar-refractivity contribution is -0.139. The molecule has 2 N–H and O–H groups in total. The Bertz CT molecular complexity index is 1370. The first-order valence-corrected chi connectivity index (χ1v) is 10.7. The molecule has 33 heavy (non-hydrogen) atoms. The van der Waals surface area contributed by atoms with E-state index in [0.717, 1.165) is 18.5 Å². The second-order valence-corrected chi connectivity index (χ2v) is 7.98. The van der Waals surface area contributed by atoms with Crippen LogP contribution in [0.2, 0.25) is 5.02 Å². The lowest BCUT2D eigenvalue weighted by atomic mass is 10.0. The van der Waals surface area contributed by atoms with Crippen molar-refractivity contribution in [2.75, 3.05) is 37.7 Å². The third-order valence-electron chi connectivity index (χ3n) is 5.49. The Morgan fingerprint density at radius 3 is 2.70 bits per heavy atom. The molecule has 0 radical (unpaired) electrons. The molecule has 4 aromatic rings. The van der Waals surface area contributed by atoms with Gasteiger partial charge in [-0.2, -0.15) is 9.97 Å². The lowest BCUT2D eigenvalue weighted by Gasteiger charge is -2.29. The predicted molar refractivity (Wildman–Crippen MR) is 123 cm³/mol. The van der Waals surface area contributed by atoms with Crippen LogP contribution in [-0.2, 0) is 4.79 Å². The zero-order valence-corrected chi connectivity index (χ0v) is 18.1. The largest absolute Gasteiger partial charge is 0.479 e. The van der Waals surface area contributed by atoms with Crippen LogP contribution in [0.1, 0.15) is 0 Å². The summed E-state index contributed by atoms with van der Waals surface area (Å²) in [5.74, 6) is -1.38. The molecule has 5 rings (SSSR count). The smallest absolute Gasteiger partial charge is 0.341 e. The third kappa shape index (κ3) is 4.01. The van der Waals surface area contributed by atoms with Crippen molar-refractivity contribution in [3.8, 4) is 17.3 Å². The summed E-state index contributed by atoms with van der Waals surface area (Å²) < 4.78 is 21.2. The van der Waals surface area contributed by atoms with Gasteiger partial charge in [0.2, 0.25) is 0 Å². The summed E-state index contributed by atoms with van der Waals surface area (Å²) in [4.78, 5) is 26.0. The molecule has 8 nitrogen and oxygen atoms in total. The number of ether oxygens (including phenoxy) is 1. The number of aliphatic carboxylic acids is 1. The van der Waals surface area contributed by atoms with Crippen molar-refractivity contribution in [1.82, 2.24) is 20.3 Å². The number of piperazine rings is 1. The Kier molecular flexibility index (Phi) is 5.65. The average Bonchev–Trinajstić information content (AvgIpc) is 2.83. The number of nitrogens with one attached hydrogen (secondary N) is 1. The summed E-state index contributed by atoms with van der Waals surface area (Å²) in [6.07, 6.45) is 1.54. The van der Waals surface area contributed by atoms with Crippen LogP contribution in [0.15, 0.2) is 42.6 Å². The van der Waals surface area contributed by atoms with Crippen LogP contribution < -0.4 is 15.0 Å². The maximum Gasteiger partial charge on any atom is 0.341 e. The Hall–Kier alpha value is -3.56. The number of benzene rings is 2. The Labute approximate surface area is 193 Å². The Balaban J connectivity index is 1.72. The second-order valence-electron chi connectivity index (χ2n) is 7.58. The molecule has 1 aliphatic rings. The highest BCUT2D eigenvalue weighted by atomic mass is 35.5. The van der Waals surface area contributed by atoms with Gasteiger partial charge in [-0.1, -0.05) is 41.9 Å². The highest BCUT2D eigenvalue weighted by Crippen LogP contribution is 2.37. The zero-order chi connectivity index (χ0) is 22.9. The van der Waals surface area contributed by atoms with Crippen LogP contribution >= 0.6 is 11.6 Å². The van der Waals surface area contributed by atoms with Gasteiger partial charge in [0.25, 0.3) is 0 Å². The SMILES string of the molecule is O=C(O)COc1nc(N2CCNCC2)c2cnc(-c3cccc4cccc(Cl)c34)c(F)c2n1. The van der Waals surface area contributed by atoms with Gasteiger partial charge < -0.3 is 20.1 Å². The molecule has 0 amide bonds. The number of rotatable bonds is 5. The normalized spacial score (nSPS) is 14.1. The van der Waals surface area contributed by atoms with E-state index in [1.54, 1.807) is 18.3 Å². The number of halogens is 2. The van der Waals surface area contributed by atoms with E-state index < -0.39 is 18.4 Å². The standard InChI is InChI=1S/C23H19ClFN5O3/c24-16-6-2-4-13-3-1-5-14(18(13)16)20-19(25)21-15(11-27-20)22(30-9-7-26-8-10-30)29-23(28-21)33-12-17(31)32/h1-6,11,26H,7-10,12H2,(H,31,32). The van der Waals surface area contributed by atoms with Crippen molar-refractivity contribution in [2.45, 2.75) is 0 Å². The molecule has 168 valence electrons. The second kappa shape index (κ2) is 8.76. The number of nitrogens with zero attached hydrogens (tertiary/aromatic N) is 4. The van der Waals surface area contributed by atoms with Gasteiger partial charge in [0.1, 0.15) is 17.0 Å². The van der Waals surface area contributed by atoms with Crippen molar-refractivity contribution >= 4 is 45.1 Å². The highest BCUT2D eigenvalue weighted by molar-refractivity contribution is 6.36. The van der Waals surface area contributed by atoms with E-state index in [1.165, 1.54) is 0 Å². The molecule has 0 atom stereocenters. The summed E-state index contributed by atoms with van der Waals surface area (Å²) in [7, 11) is 0. The monoisotopic (exact) mass is 467 g/mol. The number of aromatic nitrogens is 3. The number of carboxylic acids is 1. The summed E-state index contributed by atoms with van der Waals surface area (Å²) in [5, 5.41) is 14.7. The van der Waals surface area contributed by atoms with E-state index in [2.05, 4.69) is 20.3 Å². The van der Waals surface area contributed by atoms with Crippen molar-refractivity contribution in [1.29, 1.82) is 0 Å². The molecule has 1 aliphatic heterocycles. The van der Waals surface area contributed by atoms with Gasteiger partial charge in [0.05, 0.1) is 5.39 Å². The van der Waals surface area contributed by atoms with Gasteiger partial charge in [0, 0.05) is 48.3 Å². The van der Waals surface area contributed by atoms with Gasteiger partial charge in [-0.05, 0) is 11.5 Å². The average molecular weight is 468 g/mol. The van der Waals surface area contributed by atoms with Gasteiger partial charge >= 0.3 is 12.0 Å². The van der Waals surface area contributed by atoms with Crippen LogP contribution in [0, 0.1) is 5.82 Å². The molecule has 0 aliphatic carbocycles. The summed E-state index contributed by atoms with van der Waals surface area (Å²) >= 11 is 6.44. The summed E-state index contributed by atoms with van der Waals surface area (Å²) in [6, 6.07) is 10.7. The first kappa shape index (κ1) is 21.3. The zero-order valence-electron chi connectivity index (χ0n) is 17.4. The highest BCUT2D eigenvalue weighted by Gasteiger charge is 2.23. The number of fused-ring (bicyclic) bond motifs is 2. The van der Waals surface area contributed by atoms with E-state index in [-0.39, 0.29) is 17.2 Å². The van der Waals surface area contributed by atoms with Crippen LogP contribution in [0.25, 0.3) is 32.9 Å². The minimum Gasteiger partial charge on any atom is -0.479 e.